The van der Waals surface area contributed by atoms with Crippen LogP contribution in [-0.4, -0.2) is 18.0 Å². The van der Waals surface area contributed by atoms with Gasteiger partial charge in [-0.2, -0.15) is 0 Å². The molecule has 0 amide bonds. The average molecular weight is 296 g/mol. The molecule has 0 atom stereocenters. The number of rotatable bonds is 4. The molecule has 3 heteroatoms. The predicted octanol–water partition coefficient (Wildman–Crippen LogP) is 4.22. The number of benzene rings is 2. The Bertz CT molecular complexity index is 719. The predicted molar refractivity (Wildman–Crippen MR) is 88.7 cm³/mol. The number of aryl methyl sites for hydroxylation is 3. The third kappa shape index (κ3) is 3.37. The molecule has 0 saturated carbocycles. The lowest BCUT2D eigenvalue weighted by Crippen LogP contribution is -2.02. The smallest absolute Gasteiger partial charge is 0.186 e. The summed E-state index contributed by atoms with van der Waals surface area (Å²) >= 11 is 0. The third-order valence-corrected chi connectivity index (χ3v) is 3.55. The van der Waals surface area contributed by atoms with Gasteiger partial charge in [0.25, 0.3) is 0 Å². The van der Waals surface area contributed by atoms with E-state index in [9.17, 15) is 9.90 Å². The summed E-state index contributed by atoms with van der Waals surface area (Å²) in [7, 11) is 1.50. The minimum atomic E-state index is -0.0368. The van der Waals surface area contributed by atoms with Crippen LogP contribution in [0, 0.1) is 20.8 Å². The number of phenols is 1. The average Bonchev–Trinajstić information content (AvgIpc) is 2.44. The van der Waals surface area contributed by atoms with Crippen molar-refractivity contribution < 1.29 is 14.6 Å². The standard InChI is InChI=1S/C19H20O3/c1-12-9-13(2)19(14(3)10-12)16(20)7-5-15-6-8-18(22-4)17(21)11-15/h5-11,21H,1-4H3/b7-5+. The Morgan fingerprint density at radius 1 is 1.09 bits per heavy atom. The van der Waals surface area contributed by atoms with Gasteiger partial charge in [0.1, 0.15) is 0 Å². The molecule has 0 aromatic heterocycles. The van der Waals surface area contributed by atoms with Crippen LogP contribution in [-0.2, 0) is 0 Å². The Morgan fingerprint density at radius 2 is 1.73 bits per heavy atom. The number of hydrogen-bond acceptors (Lipinski definition) is 3. The van der Waals surface area contributed by atoms with Crippen molar-refractivity contribution in [3.8, 4) is 11.5 Å². The van der Waals surface area contributed by atoms with Crippen molar-refractivity contribution in [3.63, 3.8) is 0 Å². The number of phenolic OH excluding ortho intramolecular Hbond substituents is 1. The Kier molecular flexibility index (Phi) is 4.66. The minimum Gasteiger partial charge on any atom is -0.504 e. The molecular formula is C19H20O3. The molecule has 0 aliphatic carbocycles. The number of methoxy groups -OCH3 is 1. The first kappa shape index (κ1) is 15.8. The fourth-order valence-corrected chi connectivity index (χ4v) is 2.63. The van der Waals surface area contributed by atoms with Gasteiger partial charge in [-0.15, -0.1) is 0 Å². The summed E-state index contributed by atoms with van der Waals surface area (Å²) in [6.07, 6.45) is 3.23. The molecule has 114 valence electrons. The maximum absolute atomic E-state index is 12.4. The van der Waals surface area contributed by atoms with Crippen LogP contribution in [0.15, 0.2) is 36.4 Å². The number of carbonyl (C=O) groups excluding carboxylic acids is 1. The Balaban J connectivity index is 2.27. The highest BCUT2D eigenvalue weighted by Crippen LogP contribution is 2.27. The summed E-state index contributed by atoms with van der Waals surface area (Å²) in [5, 5.41) is 9.75. The van der Waals surface area contributed by atoms with Gasteiger partial charge in [0.2, 0.25) is 0 Å². The minimum absolute atomic E-state index is 0.0368. The second-order valence-electron chi connectivity index (χ2n) is 5.40. The van der Waals surface area contributed by atoms with Gasteiger partial charge in [-0.05, 0) is 55.7 Å². The highest BCUT2D eigenvalue weighted by atomic mass is 16.5. The highest BCUT2D eigenvalue weighted by Gasteiger charge is 2.10. The molecule has 3 nitrogen and oxygen atoms in total. The molecule has 0 saturated heterocycles. The van der Waals surface area contributed by atoms with Gasteiger partial charge in [-0.3, -0.25) is 4.79 Å². The molecule has 0 unspecified atom stereocenters. The second-order valence-corrected chi connectivity index (χ2v) is 5.40. The lowest BCUT2D eigenvalue weighted by Gasteiger charge is -2.08. The van der Waals surface area contributed by atoms with Crippen LogP contribution in [0.5, 0.6) is 11.5 Å². The maximum Gasteiger partial charge on any atom is 0.186 e. The number of hydrogen-bond donors (Lipinski definition) is 1. The molecule has 22 heavy (non-hydrogen) atoms. The van der Waals surface area contributed by atoms with Crippen molar-refractivity contribution in [1.82, 2.24) is 0 Å². The Labute approximate surface area is 130 Å². The Hall–Kier alpha value is -2.55. The van der Waals surface area contributed by atoms with Gasteiger partial charge < -0.3 is 9.84 Å². The Morgan fingerprint density at radius 3 is 2.27 bits per heavy atom. The molecule has 2 aromatic rings. The molecule has 1 N–H and O–H groups in total. The van der Waals surface area contributed by atoms with E-state index in [-0.39, 0.29) is 11.5 Å². The van der Waals surface area contributed by atoms with Gasteiger partial charge >= 0.3 is 0 Å². The van der Waals surface area contributed by atoms with E-state index in [2.05, 4.69) is 0 Å². The number of ketones is 1. The molecular weight excluding hydrogens is 276 g/mol. The molecule has 0 aliphatic rings. The third-order valence-electron chi connectivity index (χ3n) is 3.55. The fourth-order valence-electron chi connectivity index (χ4n) is 2.63. The van der Waals surface area contributed by atoms with Crippen LogP contribution in [0.4, 0.5) is 0 Å². The summed E-state index contributed by atoms with van der Waals surface area (Å²) in [6.45, 7) is 5.91. The zero-order valence-electron chi connectivity index (χ0n) is 13.3. The van der Waals surface area contributed by atoms with Gasteiger partial charge in [0, 0.05) is 5.56 Å². The van der Waals surface area contributed by atoms with E-state index >= 15 is 0 Å². The van der Waals surface area contributed by atoms with E-state index in [0.29, 0.717) is 5.75 Å². The van der Waals surface area contributed by atoms with Crippen LogP contribution in [0.2, 0.25) is 0 Å². The largest absolute Gasteiger partial charge is 0.504 e. The van der Waals surface area contributed by atoms with Gasteiger partial charge in [-0.1, -0.05) is 29.8 Å². The zero-order valence-corrected chi connectivity index (χ0v) is 13.3. The van der Waals surface area contributed by atoms with E-state index in [1.165, 1.54) is 13.2 Å². The van der Waals surface area contributed by atoms with Crippen molar-refractivity contribution in [2.45, 2.75) is 20.8 Å². The van der Waals surface area contributed by atoms with E-state index in [0.717, 1.165) is 27.8 Å². The zero-order chi connectivity index (χ0) is 16.3. The van der Waals surface area contributed by atoms with E-state index < -0.39 is 0 Å². The van der Waals surface area contributed by atoms with Crippen molar-refractivity contribution in [2.24, 2.45) is 0 Å². The molecule has 0 aliphatic heterocycles. The summed E-state index contributed by atoms with van der Waals surface area (Å²) in [5.41, 5.74) is 4.58. The lowest BCUT2D eigenvalue weighted by molar-refractivity contribution is 0.104. The fraction of sp³-hybridized carbons (Fsp3) is 0.211. The second kappa shape index (κ2) is 6.48. The van der Waals surface area contributed by atoms with Crippen molar-refractivity contribution in [1.29, 1.82) is 0 Å². The number of allylic oxidation sites excluding steroid dienone is 1. The number of aromatic hydroxyl groups is 1. The van der Waals surface area contributed by atoms with Crippen LogP contribution in [0.25, 0.3) is 6.08 Å². The van der Waals surface area contributed by atoms with Crippen LogP contribution in [0.1, 0.15) is 32.6 Å². The van der Waals surface area contributed by atoms with E-state index in [1.807, 2.05) is 32.9 Å². The highest BCUT2D eigenvalue weighted by molar-refractivity contribution is 6.08. The quantitative estimate of drug-likeness (QED) is 0.678. The maximum atomic E-state index is 12.4. The molecule has 0 spiro atoms. The van der Waals surface area contributed by atoms with Gasteiger partial charge in [0.05, 0.1) is 7.11 Å². The first-order valence-corrected chi connectivity index (χ1v) is 7.09. The summed E-state index contributed by atoms with van der Waals surface area (Å²) in [4.78, 5) is 12.4. The summed E-state index contributed by atoms with van der Waals surface area (Å²) in [6, 6.07) is 9.04. The van der Waals surface area contributed by atoms with Crippen LogP contribution < -0.4 is 4.74 Å². The molecule has 0 bridgehead atoms. The first-order chi connectivity index (χ1) is 10.4. The number of carbonyl (C=O) groups is 1. The van der Waals surface area contributed by atoms with Gasteiger partial charge in [0.15, 0.2) is 17.3 Å². The van der Waals surface area contributed by atoms with Crippen molar-refractivity contribution in [3.05, 3.63) is 64.2 Å². The molecule has 0 radical (unpaired) electrons. The van der Waals surface area contributed by atoms with Crippen molar-refractivity contribution >= 4 is 11.9 Å². The molecule has 2 aromatic carbocycles. The van der Waals surface area contributed by atoms with E-state index in [4.69, 9.17) is 4.74 Å². The topological polar surface area (TPSA) is 46.5 Å². The number of ether oxygens (including phenoxy) is 1. The summed E-state index contributed by atoms with van der Waals surface area (Å²) < 4.78 is 5.00. The monoisotopic (exact) mass is 296 g/mol. The van der Waals surface area contributed by atoms with Gasteiger partial charge in [-0.25, -0.2) is 0 Å². The van der Waals surface area contributed by atoms with Crippen molar-refractivity contribution in [2.75, 3.05) is 7.11 Å². The first-order valence-electron chi connectivity index (χ1n) is 7.09. The SMILES string of the molecule is COc1ccc(/C=C/C(=O)c2c(C)cc(C)cc2C)cc1O. The molecule has 2 rings (SSSR count). The lowest BCUT2D eigenvalue weighted by atomic mass is 9.96. The molecule has 0 heterocycles. The van der Waals surface area contributed by atoms with E-state index in [1.54, 1.807) is 24.3 Å². The van der Waals surface area contributed by atoms with Crippen LogP contribution in [0.3, 0.4) is 0 Å². The summed E-state index contributed by atoms with van der Waals surface area (Å²) in [5.74, 6) is 0.429. The normalized spacial score (nSPS) is 10.9. The molecule has 0 fully saturated rings. The van der Waals surface area contributed by atoms with Crippen LogP contribution >= 0.6 is 0 Å².